The van der Waals surface area contributed by atoms with Gasteiger partial charge in [-0.1, -0.05) is 18.2 Å². The summed E-state index contributed by atoms with van der Waals surface area (Å²) in [4.78, 5) is 4.01. The van der Waals surface area contributed by atoms with Gasteiger partial charge in [0.25, 0.3) is 0 Å². The van der Waals surface area contributed by atoms with Crippen LogP contribution in [0.25, 0.3) is 11.4 Å². The molecule has 0 spiro atoms. The predicted octanol–water partition coefficient (Wildman–Crippen LogP) is 3.91. The molecule has 3 aromatic rings. The van der Waals surface area contributed by atoms with Gasteiger partial charge < -0.3 is 9.30 Å². The Morgan fingerprint density at radius 3 is 2.52 bits per heavy atom. The highest BCUT2D eigenvalue weighted by molar-refractivity contribution is 5.61. The van der Waals surface area contributed by atoms with Gasteiger partial charge >= 0.3 is 6.18 Å². The lowest BCUT2D eigenvalue weighted by atomic mass is 10.1. The van der Waals surface area contributed by atoms with Crippen LogP contribution in [0.3, 0.4) is 0 Å². The van der Waals surface area contributed by atoms with Crippen molar-refractivity contribution in [1.82, 2.24) is 19.7 Å². The molecule has 9 heteroatoms. The van der Waals surface area contributed by atoms with Crippen LogP contribution in [0, 0.1) is 11.3 Å². The zero-order chi connectivity index (χ0) is 19.6. The van der Waals surface area contributed by atoms with Crippen molar-refractivity contribution in [2.24, 2.45) is 7.05 Å². The van der Waals surface area contributed by atoms with Crippen molar-refractivity contribution in [1.29, 1.82) is 5.26 Å². The van der Waals surface area contributed by atoms with E-state index in [1.54, 1.807) is 20.0 Å². The molecule has 3 rings (SSSR count). The van der Waals surface area contributed by atoms with Gasteiger partial charge in [0.2, 0.25) is 5.88 Å². The van der Waals surface area contributed by atoms with E-state index in [9.17, 15) is 13.2 Å². The minimum absolute atomic E-state index is 0.0602. The normalized spacial score (nSPS) is 12.4. The van der Waals surface area contributed by atoms with E-state index >= 15 is 0 Å². The van der Waals surface area contributed by atoms with E-state index in [4.69, 9.17) is 10.00 Å². The van der Waals surface area contributed by atoms with Gasteiger partial charge in [-0.05, 0) is 19.1 Å². The van der Waals surface area contributed by atoms with Gasteiger partial charge in [0, 0.05) is 24.9 Å². The number of rotatable bonds is 4. The molecule has 0 aliphatic heterocycles. The van der Waals surface area contributed by atoms with E-state index in [1.807, 2.05) is 6.07 Å². The van der Waals surface area contributed by atoms with Crippen molar-refractivity contribution in [3.63, 3.8) is 0 Å². The maximum Gasteiger partial charge on any atom is 0.417 e. The Bertz CT molecular complexity index is 989. The van der Waals surface area contributed by atoms with Crippen LogP contribution in [-0.2, 0) is 13.2 Å². The van der Waals surface area contributed by atoms with Gasteiger partial charge in [-0.25, -0.2) is 4.98 Å². The second kappa shape index (κ2) is 7.07. The molecule has 1 atom stereocenters. The molecule has 0 bridgehead atoms. The summed E-state index contributed by atoms with van der Waals surface area (Å²) < 4.78 is 46.9. The quantitative estimate of drug-likeness (QED) is 0.693. The standard InChI is InChI=1S/C18H14F3N5O/c1-11(27-15-8-7-12(9-22)10-23-15)16-24-25-17(26(16)2)13-5-3-4-6-14(13)18(19,20)21/h3-8,10-11H,1-2H3/t11-/m0/s1. The monoisotopic (exact) mass is 373 g/mol. The summed E-state index contributed by atoms with van der Waals surface area (Å²) in [5.74, 6) is 0.691. The number of pyridine rings is 1. The van der Waals surface area contributed by atoms with Gasteiger partial charge in [-0.2, -0.15) is 18.4 Å². The SMILES string of the molecule is C[C@H](Oc1ccc(C#N)cn1)c1nnc(-c2ccccc2C(F)(F)F)n1C. The first kappa shape index (κ1) is 18.4. The molecule has 0 fully saturated rings. The molecular formula is C18H14F3N5O. The van der Waals surface area contributed by atoms with Crippen LogP contribution in [0.5, 0.6) is 5.88 Å². The molecule has 0 saturated carbocycles. The summed E-state index contributed by atoms with van der Waals surface area (Å²) in [6, 6.07) is 10.2. The summed E-state index contributed by atoms with van der Waals surface area (Å²) >= 11 is 0. The predicted molar refractivity (Wildman–Crippen MR) is 89.4 cm³/mol. The first-order valence-corrected chi connectivity index (χ1v) is 7.90. The molecule has 2 heterocycles. The van der Waals surface area contributed by atoms with Crippen molar-refractivity contribution < 1.29 is 17.9 Å². The number of ether oxygens (including phenoxy) is 1. The fourth-order valence-corrected chi connectivity index (χ4v) is 2.61. The van der Waals surface area contributed by atoms with Gasteiger partial charge in [-0.3, -0.25) is 0 Å². The third-order valence-electron chi connectivity index (χ3n) is 3.91. The van der Waals surface area contributed by atoms with Crippen molar-refractivity contribution in [3.8, 4) is 23.3 Å². The average molecular weight is 373 g/mol. The van der Waals surface area contributed by atoms with Crippen molar-refractivity contribution in [2.45, 2.75) is 19.2 Å². The summed E-state index contributed by atoms with van der Waals surface area (Å²) in [6.07, 6.45) is -3.75. The molecule has 0 N–H and O–H groups in total. The second-order valence-corrected chi connectivity index (χ2v) is 5.74. The molecule has 0 aliphatic rings. The Kier molecular flexibility index (Phi) is 4.81. The zero-order valence-electron chi connectivity index (χ0n) is 14.4. The van der Waals surface area contributed by atoms with E-state index in [-0.39, 0.29) is 17.3 Å². The first-order chi connectivity index (χ1) is 12.8. The molecule has 1 aromatic carbocycles. The number of nitriles is 1. The lowest BCUT2D eigenvalue weighted by molar-refractivity contribution is -0.137. The molecule has 0 aliphatic carbocycles. The summed E-state index contributed by atoms with van der Waals surface area (Å²) in [5, 5.41) is 16.7. The van der Waals surface area contributed by atoms with Crippen LogP contribution < -0.4 is 4.74 Å². The number of halogens is 3. The largest absolute Gasteiger partial charge is 0.466 e. The number of hydrogen-bond acceptors (Lipinski definition) is 5. The van der Waals surface area contributed by atoms with Crippen LogP contribution in [0.15, 0.2) is 42.6 Å². The molecule has 0 saturated heterocycles. The third-order valence-corrected chi connectivity index (χ3v) is 3.91. The third kappa shape index (κ3) is 3.74. The lowest BCUT2D eigenvalue weighted by Crippen LogP contribution is -2.12. The van der Waals surface area contributed by atoms with Crippen LogP contribution in [0.4, 0.5) is 13.2 Å². The highest BCUT2D eigenvalue weighted by Gasteiger charge is 2.34. The van der Waals surface area contributed by atoms with Crippen LogP contribution >= 0.6 is 0 Å². The highest BCUT2D eigenvalue weighted by atomic mass is 19.4. The van der Waals surface area contributed by atoms with Crippen LogP contribution in [0.1, 0.15) is 30.0 Å². The minimum atomic E-state index is -4.50. The maximum atomic E-state index is 13.3. The van der Waals surface area contributed by atoms with Crippen LogP contribution in [-0.4, -0.2) is 19.7 Å². The number of alkyl halides is 3. The minimum Gasteiger partial charge on any atom is -0.466 e. The Morgan fingerprint density at radius 2 is 1.89 bits per heavy atom. The van der Waals surface area contributed by atoms with Gasteiger partial charge in [0.05, 0.1) is 11.1 Å². The van der Waals surface area contributed by atoms with Gasteiger partial charge in [0.15, 0.2) is 17.8 Å². The molecule has 0 radical (unpaired) electrons. The molecule has 0 unspecified atom stereocenters. The smallest absolute Gasteiger partial charge is 0.417 e. The lowest BCUT2D eigenvalue weighted by Gasteiger charge is -2.15. The first-order valence-electron chi connectivity index (χ1n) is 7.90. The number of hydrogen-bond donors (Lipinski definition) is 0. The Balaban J connectivity index is 1.90. The van der Waals surface area contributed by atoms with E-state index < -0.39 is 17.8 Å². The summed E-state index contributed by atoms with van der Waals surface area (Å²) in [6.45, 7) is 1.68. The fourth-order valence-electron chi connectivity index (χ4n) is 2.61. The van der Waals surface area contributed by atoms with Crippen molar-refractivity contribution >= 4 is 0 Å². The number of aromatic nitrogens is 4. The van der Waals surface area contributed by atoms with Gasteiger partial charge in [-0.15, -0.1) is 10.2 Å². The fraction of sp³-hybridized carbons (Fsp3) is 0.222. The zero-order valence-corrected chi connectivity index (χ0v) is 14.4. The molecular weight excluding hydrogens is 359 g/mol. The summed E-state index contributed by atoms with van der Waals surface area (Å²) in [7, 11) is 1.57. The number of benzene rings is 1. The van der Waals surface area contributed by atoms with E-state index in [1.165, 1.54) is 35.0 Å². The average Bonchev–Trinajstić information content (AvgIpc) is 3.03. The molecule has 2 aromatic heterocycles. The Hall–Kier alpha value is -3.41. The Morgan fingerprint density at radius 1 is 1.15 bits per heavy atom. The van der Waals surface area contributed by atoms with Crippen LogP contribution in [0.2, 0.25) is 0 Å². The van der Waals surface area contributed by atoms with E-state index in [0.717, 1.165) is 6.07 Å². The topological polar surface area (TPSA) is 76.6 Å². The van der Waals surface area contributed by atoms with Crippen molar-refractivity contribution in [2.75, 3.05) is 0 Å². The summed E-state index contributed by atoms with van der Waals surface area (Å²) in [5.41, 5.74) is -0.455. The molecule has 138 valence electrons. The maximum absolute atomic E-state index is 13.3. The highest BCUT2D eigenvalue weighted by Crippen LogP contribution is 2.36. The molecule has 0 amide bonds. The second-order valence-electron chi connectivity index (χ2n) is 5.74. The Labute approximate surface area is 152 Å². The number of nitrogens with zero attached hydrogens (tertiary/aromatic N) is 5. The molecule has 27 heavy (non-hydrogen) atoms. The van der Waals surface area contributed by atoms with E-state index in [0.29, 0.717) is 11.4 Å². The van der Waals surface area contributed by atoms with E-state index in [2.05, 4.69) is 15.2 Å². The van der Waals surface area contributed by atoms with Gasteiger partial charge in [0.1, 0.15) is 6.07 Å². The molecule has 6 nitrogen and oxygen atoms in total. The van der Waals surface area contributed by atoms with Crippen molar-refractivity contribution in [3.05, 3.63) is 59.5 Å².